The van der Waals surface area contributed by atoms with Crippen LogP contribution in [0.25, 0.3) is 0 Å². The molecule has 88 valence electrons. The number of hydrogen-bond donors (Lipinski definition) is 1. The summed E-state index contributed by atoms with van der Waals surface area (Å²) in [5, 5.41) is 2.65. The highest BCUT2D eigenvalue weighted by molar-refractivity contribution is 6.28. The molecule has 1 rings (SSSR count). The van der Waals surface area contributed by atoms with E-state index in [1.54, 1.807) is 6.07 Å². The van der Waals surface area contributed by atoms with Gasteiger partial charge in [0.1, 0.15) is 12.4 Å². The maximum Gasteiger partial charge on any atom is 0.251 e. The van der Waals surface area contributed by atoms with Gasteiger partial charge < -0.3 is 10.1 Å². The first-order valence-electron chi connectivity index (χ1n) is 4.79. The molecule has 0 fully saturated rings. The molecule has 0 atom stereocenters. The van der Waals surface area contributed by atoms with E-state index in [2.05, 4.69) is 15.3 Å². The van der Waals surface area contributed by atoms with E-state index in [9.17, 15) is 4.79 Å². The van der Waals surface area contributed by atoms with E-state index < -0.39 is 0 Å². The summed E-state index contributed by atoms with van der Waals surface area (Å²) in [4.78, 5) is 19.0. The summed E-state index contributed by atoms with van der Waals surface area (Å²) >= 11 is 5.57. The number of carbonyl (C=O) groups is 1. The Kier molecular flexibility index (Phi) is 4.20. The molecule has 0 saturated heterocycles. The van der Waals surface area contributed by atoms with Crippen LogP contribution in [-0.2, 0) is 9.53 Å². The molecule has 16 heavy (non-hydrogen) atoms. The van der Waals surface area contributed by atoms with Gasteiger partial charge in [-0.1, -0.05) is 0 Å². The number of hydrogen-bond acceptors (Lipinski definition) is 4. The minimum atomic E-state index is -0.347. The van der Waals surface area contributed by atoms with Crippen molar-refractivity contribution in [1.29, 1.82) is 0 Å². The fraction of sp³-hybridized carbons (Fsp3) is 0.500. The zero-order valence-corrected chi connectivity index (χ0v) is 10.2. The molecule has 0 saturated carbocycles. The van der Waals surface area contributed by atoms with Crippen molar-refractivity contribution in [3.05, 3.63) is 17.5 Å². The number of aromatic nitrogens is 2. The number of halogens is 1. The molecule has 0 aromatic carbocycles. The van der Waals surface area contributed by atoms with Crippen LogP contribution in [-0.4, -0.2) is 28.1 Å². The zero-order valence-electron chi connectivity index (χ0n) is 9.45. The molecule has 1 aromatic rings. The third-order valence-electron chi connectivity index (χ3n) is 1.53. The normalized spacial score (nSPS) is 11.2. The van der Waals surface area contributed by atoms with Gasteiger partial charge in [-0.15, -0.1) is 0 Å². The van der Waals surface area contributed by atoms with E-state index in [1.165, 1.54) is 6.20 Å². The second-order valence-electron chi connectivity index (χ2n) is 4.16. The van der Waals surface area contributed by atoms with Gasteiger partial charge in [-0.2, -0.15) is 0 Å². The van der Waals surface area contributed by atoms with E-state index in [4.69, 9.17) is 16.3 Å². The fourth-order valence-electron chi connectivity index (χ4n) is 0.866. The van der Waals surface area contributed by atoms with Gasteiger partial charge >= 0.3 is 0 Å². The first-order chi connectivity index (χ1) is 7.37. The number of rotatable bonds is 3. The van der Waals surface area contributed by atoms with Crippen LogP contribution in [0.4, 0.5) is 5.82 Å². The molecule has 1 heterocycles. The molecule has 1 amide bonds. The fourth-order valence-corrected chi connectivity index (χ4v) is 1.01. The van der Waals surface area contributed by atoms with Crippen LogP contribution >= 0.6 is 11.6 Å². The molecule has 0 radical (unpaired) electrons. The van der Waals surface area contributed by atoms with Crippen LogP contribution in [0, 0.1) is 0 Å². The molecule has 0 unspecified atom stereocenters. The van der Waals surface area contributed by atoms with Gasteiger partial charge in [-0.3, -0.25) is 4.79 Å². The predicted octanol–water partition coefficient (Wildman–Crippen LogP) is 1.88. The highest BCUT2D eigenvalue weighted by Gasteiger charge is 2.13. The average Bonchev–Trinajstić information content (AvgIpc) is 2.14. The molecule has 0 bridgehead atoms. The Balaban J connectivity index is 2.46. The smallest absolute Gasteiger partial charge is 0.251 e. The van der Waals surface area contributed by atoms with Gasteiger partial charge in [-0.25, -0.2) is 9.97 Å². The number of amides is 1. The summed E-state index contributed by atoms with van der Waals surface area (Å²) in [5.41, 5.74) is -0.347. The molecule has 5 nitrogen and oxygen atoms in total. The van der Waals surface area contributed by atoms with Crippen molar-refractivity contribution in [1.82, 2.24) is 9.97 Å². The molecular weight excluding hydrogens is 230 g/mol. The van der Waals surface area contributed by atoms with Gasteiger partial charge in [-0.05, 0) is 38.4 Å². The Morgan fingerprint density at radius 3 is 2.81 bits per heavy atom. The van der Waals surface area contributed by atoms with E-state index in [0.29, 0.717) is 5.82 Å². The number of nitrogens with one attached hydrogen (secondary N) is 1. The summed E-state index contributed by atoms with van der Waals surface area (Å²) in [7, 11) is 0. The van der Waals surface area contributed by atoms with E-state index >= 15 is 0 Å². The molecular formula is C10H14ClN3O2. The predicted molar refractivity (Wildman–Crippen MR) is 61.4 cm³/mol. The monoisotopic (exact) mass is 243 g/mol. The summed E-state index contributed by atoms with van der Waals surface area (Å²) in [6, 6.07) is 1.56. The first-order valence-corrected chi connectivity index (χ1v) is 5.17. The molecule has 0 aliphatic heterocycles. The molecule has 6 heteroatoms. The Bertz CT molecular complexity index is 377. The molecule has 1 aromatic heterocycles. The maximum absolute atomic E-state index is 11.4. The summed E-state index contributed by atoms with van der Waals surface area (Å²) in [6.45, 7) is 5.61. The SMILES string of the molecule is CC(C)(C)OCC(=O)Nc1ccnc(Cl)n1. The lowest BCUT2D eigenvalue weighted by molar-refractivity contribution is -0.125. The van der Waals surface area contributed by atoms with Crippen LogP contribution in [0.5, 0.6) is 0 Å². The van der Waals surface area contributed by atoms with Gasteiger partial charge in [0.05, 0.1) is 5.60 Å². The number of anilines is 1. The van der Waals surface area contributed by atoms with Crippen LogP contribution in [0.3, 0.4) is 0 Å². The third-order valence-corrected chi connectivity index (χ3v) is 1.71. The van der Waals surface area contributed by atoms with Crippen molar-refractivity contribution in [2.24, 2.45) is 0 Å². The summed E-state index contributed by atoms with van der Waals surface area (Å²) < 4.78 is 5.31. The Hall–Kier alpha value is -1.20. The van der Waals surface area contributed by atoms with E-state index in [-0.39, 0.29) is 23.4 Å². The number of ether oxygens (including phenoxy) is 1. The molecule has 1 N–H and O–H groups in total. The van der Waals surface area contributed by atoms with Crippen molar-refractivity contribution < 1.29 is 9.53 Å². The molecule has 0 aliphatic rings. The van der Waals surface area contributed by atoms with Gasteiger partial charge in [0.25, 0.3) is 5.91 Å². The van der Waals surface area contributed by atoms with Gasteiger partial charge in [0.2, 0.25) is 5.28 Å². The Morgan fingerprint density at radius 2 is 2.25 bits per heavy atom. The lowest BCUT2D eigenvalue weighted by Crippen LogP contribution is -2.27. The minimum absolute atomic E-state index is 0.0227. The second-order valence-corrected chi connectivity index (χ2v) is 4.50. The van der Waals surface area contributed by atoms with Crippen LogP contribution in [0.15, 0.2) is 12.3 Å². The first kappa shape index (κ1) is 12.9. The lowest BCUT2D eigenvalue weighted by Gasteiger charge is -2.18. The largest absolute Gasteiger partial charge is 0.366 e. The van der Waals surface area contributed by atoms with Crippen LogP contribution < -0.4 is 5.32 Å². The van der Waals surface area contributed by atoms with Crippen molar-refractivity contribution in [2.45, 2.75) is 26.4 Å². The maximum atomic E-state index is 11.4. The highest BCUT2D eigenvalue weighted by Crippen LogP contribution is 2.08. The van der Waals surface area contributed by atoms with Crippen LogP contribution in [0.1, 0.15) is 20.8 Å². The second kappa shape index (κ2) is 5.23. The summed E-state index contributed by atoms with van der Waals surface area (Å²) in [5.74, 6) is 0.0900. The topological polar surface area (TPSA) is 64.1 Å². The minimum Gasteiger partial charge on any atom is -0.366 e. The lowest BCUT2D eigenvalue weighted by atomic mass is 10.2. The van der Waals surface area contributed by atoms with Crippen LogP contribution in [0.2, 0.25) is 5.28 Å². The van der Waals surface area contributed by atoms with Crippen molar-refractivity contribution in [2.75, 3.05) is 11.9 Å². The molecule has 0 spiro atoms. The third kappa shape index (κ3) is 5.04. The summed E-state index contributed by atoms with van der Waals surface area (Å²) in [6.07, 6.45) is 1.47. The van der Waals surface area contributed by atoms with Gasteiger partial charge in [0.15, 0.2) is 0 Å². The van der Waals surface area contributed by atoms with E-state index in [1.807, 2.05) is 20.8 Å². The molecule has 0 aliphatic carbocycles. The Labute approximate surface area is 99.2 Å². The quantitative estimate of drug-likeness (QED) is 0.824. The zero-order chi connectivity index (χ0) is 12.2. The van der Waals surface area contributed by atoms with Crippen molar-refractivity contribution in [3.8, 4) is 0 Å². The standard InChI is InChI=1S/C10H14ClN3O2/c1-10(2,3)16-6-8(15)13-7-4-5-12-9(11)14-7/h4-5H,6H2,1-3H3,(H,12,13,14,15). The Morgan fingerprint density at radius 1 is 1.56 bits per heavy atom. The van der Waals surface area contributed by atoms with Crippen molar-refractivity contribution in [3.63, 3.8) is 0 Å². The van der Waals surface area contributed by atoms with E-state index in [0.717, 1.165) is 0 Å². The highest BCUT2D eigenvalue weighted by atomic mass is 35.5. The average molecular weight is 244 g/mol. The van der Waals surface area contributed by atoms with Gasteiger partial charge in [0, 0.05) is 6.20 Å². The number of nitrogens with zero attached hydrogens (tertiary/aromatic N) is 2. The van der Waals surface area contributed by atoms with Crippen molar-refractivity contribution >= 4 is 23.3 Å². The number of carbonyl (C=O) groups excluding carboxylic acids is 1.